The molecule has 4 heteroatoms. The largest absolute Gasteiger partial charge is 0.366 e. The summed E-state index contributed by atoms with van der Waals surface area (Å²) >= 11 is 5.95. The maximum Gasteiger partial charge on any atom is 0.249 e. The smallest absolute Gasteiger partial charge is 0.249 e. The highest BCUT2D eigenvalue weighted by Gasteiger charge is 2.12. The maximum atomic E-state index is 11.1. The predicted molar refractivity (Wildman–Crippen MR) is 54.0 cm³/mol. The molecule has 1 heterocycles. The van der Waals surface area contributed by atoms with E-state index < -0.39 is 5.91 Å². The molecule has 1 aromatic heterocycles. The van der Waals surface area contributed by atoms with Gasteiger partial charge in [-0.25, -0.2) is 4.98 Å². The molecule has 0 aliphatic carbocycles. The van der Waals surface area contributed by atoms with Crippen LogP contribution in [0.15, 0.2) is 30.5 Å². The highest BCUT2D eigenvalue weighted by Crippen LogP contribution is 2.21. The fraction of sp³-hybridized carbons (Fsp3) is 0. The molecule has 14 heavy (non-hydrogen) atoms. The molecule has 0 fully saturated rings. The number of fused-ring (bicyclic) bond motifs is 1. The number of carbonyl (C=O) groups excluding carboxylic acids is 1. The maximum absolute atomic E-state index is 11.1. The molecular formula is C10H8ClN2O+. The van der Waals surface area contributed by atoms with Crippen molar-refractivity contribution in [3.8, 4) is 0 Å². The van der Waals surface area contributed by atoms with E-state index in [1.165, 1.54) is 0 Å². The van der Waals surface area contributed by atoms with Crippen molar-refractivity contribution in [1.82, 2.24) is 0 Å². The number of benzene rings is 1. The Balaban J connectivity index is 2.88. The van der Waals surface area contributed by atoms with Crippen LogP contribution in [-0.2, 0) is 0 Å². The fourth-order valence-corrected chi connectivity index (χ4v) is 1.64. The third-order valence-electron chi connectivity index (χ3n) is 2.05. The second-order valence-electron chi connectivity index (χ2n) is 2.92. The number of hydrogen-bond donors (Lipinski definition) is 1. The van der Waals surface area contributed by atoms with E-state index in [-0.39, 0.29) is 0 Å². The molecule has 0 spiro atoms. The van der Waals surface area contributed by atoms with Crippen molar-refractivity contribution in [2.24, 2.45) is 5.73 Å². The Hall–Kier alpha value is -1.61. The first-order valence-electron chi connectivity index (χ1n) is 4.09. The van der Waals surface area contributed by atoms with Crippen molar-refractivity contribution in [3.63, 3.8) is 0 Å². The molecule has 0 unspecified atom stereocenters. The number of halogens is 1. The molecule has 2 aromatic rings. The summed E-state index contributed by atoms with van der Waals surface area (Å²) in [7, 11) is 0. The normalized spacial score (nSPS) is 10.4. The van der Waals surface area contributed by atoms with Gasteiger partial charge in [-0.1, -0.05) is 17.7 Å². The zero-order valence-electron chi connectivity index (χ0n) is 7.25. The first-order valence-corrected chi connectivity index (χ1v) is 4.46. The van der Waals surface area contributed by atoms with Crippen molar-refractivity contribution >= 4 is 28.4 Å². The monoisotopic (exact) mass is 207 g/mol. The van der Waals surface area contributed by atoms with Gasteiger partial charge in [0.25, 0.3) is 0 Å². The number of amides is 1. The first-order chi connectivity index (χ1) is 6.70. The van der Waals surface area contributed by atoms with Crippen LogP contribution < -0.4 is 10.7 Å². The number of nitrogens with two attached hydrogens (primary N) is 1. The van der Waals surface area contributed by atoms with Crippen molar-refractivity contribution in [3.05, 3.63) is 41.0 Å². The van der Waals surface area contributed by atoms with Gasteiger partial charge in [0.15, 0.2) is 6.20 Å². The van der Waals surface area contributed by atoms with Crippen LogP contribution in [0.2, 0.25) is 5.02 Å². The quantitative estimate of drug-likeness (QED) is 0.755. The Kier molecular flexibility index (Phi) is 2.09. The average Bonchev–Trinajstić information content (AvgIpc) is 2.17. The van der Waals surface area contributed by atoms with Crippen molar-refractivity contribution in [2.45, 2.75) is 0 Å². The summed E-state index contributed by atoms with van der Waals surface area (Å²) < 4.78 is 0. The van der Waals surface area contributed by atoms with E-state index in [0.29, 0.717) is 10.6 Å². The molecule has 1 aromatic carbocycles. The lowest BCUT2D eigenvalue weighted by atomic mass is 10.1. The van der Waals surface area contributed by atoms with Crippen LogP contribution in [0.3, 0.4) is 0 Å². The minimum absolute atomic E-state index is 0.453. The minimum atomic E-state index is -0.453. The zero-order valence-corrected chi connectivity index (χ0v) is 8.01. The number of rotatable bonds is 1. The van der Waals surface area contributed by atoms with Crippen LogP contribution in [0.4, 0.5) is 0 Å². The van der Waals surface area contributed by atoms with Crippen molar-refractivity contribution in [2.75, 3.05) is 0 Å². The number of hydrogen-bond acceptors (Lipinski definition) is 1. The molecule has 0 bridgehead atoms. The number of primary amides is 1. The predicted octanol–water partition coefficient (Wildman–Crippen LogP) is 1.41. The summed E-state index contributed by atoms with van der Waals surface area (Å²) in [6, 6.07) is 6.98. The van der Waals surface area contributed by atoms with Crippen LogP contribution in [-0.4, -0.2) is 5.91 Å². The molecule has 0 aliphatic rings. The Labute approximate surface area is 85.5 Å². The molecule has 0 radical (unpaired) electrons. The summed E-state index contributed by atoms with van der Waals surface area (Å²) in [6.07, 6.45) is 1.65. The molecule has 0 saturated carbocycles. The summed E-state index contributed by atoms with van der Waals surface area (Å²) in [5.74, 6) is -0.453. The number of nitrogens with one attached hydrogen (secondary N) is 1. The second-order valence-corrected chi connectivity index (χ2v) is 3.33. The SMILES string of the molecule is NC(=O)c1cc[nH+]c2c(Cl)cccc12. The van der Waals surface area contributed by atoms with Gasteiger partial charge < -0.3 is 5.73 Å². The van der Waals surface area contributed by atoms with Gasteiger partial charge in [-0.2, -0.15) is 0 Å². The highest BCUT2D eigenvalue weighted by molar-refractivity contribution is 6.35. The van der Waals surface area contributed by atoms with Gasteiger partial charge in [0, 0.05) is 6.07 Å². The number of aromatic nitrogens is 1. The minimum Gasteiger partial charge on any atom is -0.366 e. The third kappa shape index (κ3) is 1.32. The van der Waals surface area contributed by atoms with E-state index in [1.54, 1.807) is 30.5 Å². The van der Waals surface area contributed by atoms with E-state index in [2.05, 4.69) is 4.98 Å². The van der Waals surface area contributed by atoms with E-state index in [9.17, 15) is 4.79 Å². The first kappa shape index (κ1) is 8.97. The van der Waals surface area contributed by atoms with Gasteiger partial charge in [-0.05, 0) is 12.1 Å². The average molecular weight is 208 g/mol. The van der Waals surface area contributed by atoms with Crippen LogP contribution in [0.25, 0.3) is 10.9 Å². The summed E-state index contributed by atoms with van der Waals surface area (Å²) in [5, 5.41) is 1.32. The Morgan fingerprint density at radius 3 is 2.86 bits per heavy atom. The molecule has 0 saturated heterocycles. The molecule has 70 valence electrons. The van der Waals surface area contributed by atoms with E-state index in [0.717, 1.165) is 10.9 Å². The van der Waals surface area contributed by atoms with E-state index >= 15 is 0 Å². The van der Waals surface area contributed by atoms with Crippen LogP contribution in [0.5, 0.6) is 0 Å². The lowest BCUT2D eigenvalue weighted by Crippen LogP contribution is -2.14. The number of H-pyrrole nitrogens is 1. The van der Waals surface area contributed by atoms with Crippen molar-refractivity contribution < 1.29 is 9.78 Å². The van der Waals surface area contributed by atoms with E-state index in [1.807, 2.05) is 0 Å². The third-order valence-corrected chi connectivity index (χ3v) is 2.36. The number of carbonyl (C=O) groups is 1. The lowest BCUT2D eigenvalue weighted by molar-refractivity contribution is -0.344. The molecule has 1 amide bonds. The zero-order chi connectivity index (χ0) is 10.1. The fourth-order valence-electron chi connectivity index (χ4n) is 1.41. The summed E-state index contributed by atoms with van der Waals surface area (Å²) in [5.41, 5.74) is 6.43. The second kappa shape index (κ2) is 3.27. The van der Waals surface area contributed by atoms with Crippen molar-refractivity contribution in [1.29, 1.82) is 0 Å². The van der Waals surface area contributed by atoms with Gasteiger partial charge in [0.1, 0.15) is 5.02 Å². The number of aromatic amines is 1. The Morgan fingerprint density at radius 2 is 2.14 bits per heavy atom. The Bertz CT molecular complexity index is 510. The summed E-state index contributed by atoms with van der Waals surface area (Å²) in [6.45, 7) is 0. The van der Waals surface area contributed by atoms with Gasteiger partial charge in [0.05, 0.1) is 10.9 Å². The molecule has 2 rings (SSSR count). The van der Waals surface area contributed by atoms with E-state index in [4.69, 9.17) is 17.3 Å². The lowest BCUT2D eigenvalue weighted by Gasteiger charge is -1.98. The van der Waals surface area contributed by atoms with Gasteiger partial charge in [0.2, 0.25) is 11.4 Å². The molecule has 3 N–H and O–H groups in total. The summed E-state index contributed by atoms with van der Waals surface area (Å²) in [4.78, 5) is 14.1. The Morgan fingerprint density at radius 1 is 1.36 bits per heavy atom. The molecule has 0 atom stereocenters. The number of pyridine rings is 1. The number of para-hydroxylation sites is 1. The van der Waals surface area contributed by atoms with Crippen LogP contribution >= 0.6 is 11.6 Å². The van der Waals surface area contributed by atoms with Crippen LogP contribution in [0.1, 0.15) is 10.4 Å². The standard InChI is InChI=1S/C10H7ClN2O/c11-8-3-1-2-6-7(10(12)14)4-5-13-9(6)8/h1-5H,(H2,12,14)/p+1. The molecule has 0 aliphatic heterocycles. The molecular weight excluding hydrogens is 200 g/mol. The molecule has 3 nitrogen and oxygen atoms in total. The van der Waals surface area contributed by atoms with Crippen LogP contribution in [0, 0.1) is 0 Å². The van der Waals surface area contributed by atoms with Gasteiger partial charge in [-0.3, -0.25) is 4.79 Å². The van der Waals surface area contributed by atoms with Gasteiger partial charge in [-0.15, -0.1) is 0 Å². The highest BCUT2D eigenvalue weighted by atomic mass is 35.5. The topological polar surface area (TPSA) is 57.2 Å². The van der Waals surface area contributed by atoms with Gasteiger partial charge >= 0.3 is 0 Å².